The first-order valence-corrected chi connectivity index (χ1v) is 7.05. The van der Waals surface area contributed by atoms with E-state index in [9.17, 15) is 4.79 Å². The van der Waals surface area contributed by atoms with Crippen LogP contribution in [0, 0.1) is 6.92 Å². The summed E-state index contributed by atoms with van der Waals surface area (Å²) < 4.78 is 6.76. The monoisotopic (exact) mass is 288 g/mol. The Morgan fingerprint density at radius 1 is 1.43 bits per heavy atom. The van der Waals surface area contributed by atoms with Crippen LogP contribution < -0.4 is 0 Å². The Bertz CT molecular complexity index is 634. The molecule has 0 radical (unpaired) electrons. The third-order valence-corrected chi connectivity index (χ3v) is 3.21. The van der Waals surface area contributed by atoms with Gasteiger partial charge in [-0.15, -0.1) is 5.10 Å². The highest BCUT2D eigenvalue weighted by atomic mass is 16.5. The lowest BCUT2D eigenvalue weighted by molar-refractivity contribution is 0.0517. The summed E-state index contributed by atoms with van der Waals surface area (Å²) in [5.41, 5.74) is 3.07. The molecule has 2 rings (SSSR count). The van der Waals surface area contributed by atoms with Gasteiger partial charge in [0.2, 0.25) is 0 Å². The molecule has 2 heterocycles. The number of carbonyl (C=O) groups is 1. The first-order chi connectivity index (χ1) is 10.0. The van der Waals surface area contributed by atoms with Crippen LogP contribution in [0.2, 0.25) is 0 Å². The minimum atomic E-state index is -0.426. The lowest BCUT2D eigenvalue weighted by atomic mass is 10.1. The van der Waals surface area contributed by atoms with Crippen LogP contribution in [0.3, 0.4) is 0 Å². The number of aromatic nitrogens is 4. The van der Waals surface area contributed by atoms with E-state index in [0.29, 0.717) is 18.8 Å². The van der Waals surface area contributed by atoms with Gasteiger partial charge in [-0.3, -0.25) is 4.98 Å². The first-order valence-electron chi connectivity index (χ1n) is 7.05. The van der Waals surface area contributed by atoms with Gasteiger partial charge in [-0.1, -0.05) is 25.1 Å². The third-order valence-electron chi connectivity index (χ3n) is 3.21. The number of aryl methyl sites for hydroxylation is 1. The van der Waals surface area contributed by atoms with E-state index in [0.717, 1.165) is 17.0 Å². The summed E-state index contributed by atoms with van der Waals surface area (Å²) in [4.78, 5) is 16.3. The standard InChI is InChI=1S/C15H20N4O2/c1-5-21-15(20)13-14(10(2)3)19(18-17-13)9-12-11(4)7-6-8-16-12/h6-8,10H,5,9H2,1-4H3. The number of hydrogen-bond donors (Lipinski definition) is 0. The van der Waals surface area contributed by atoms with Gasteiger partial charge in [0.15, 0.2) is 5.69 Å². The van der Waals surface area contributed by atoms with Crippen molar-refractivity contribution in [2.24, 2.45) is 0 Å². The number of hydrogen-bond acceptors (Lipinski definition) is 5. The van der Waals surface area contributed by atoms with Gasteiger partial charge in [0.1, 0.15) is 0 Å². The van der Waals surface area contributed by atoms with Crippen LogP contribution in [0.1, 0.15) is 54.1 Å². The van der Waals surface area contributed by atoms with Crippen molar-refractivity contribution in [2.45, 2.75) is 40.2 Å². The minimum Gasteiger partial charge on any atom is -0.461 e. The molecule has 2 aromatic heterocycles. The van der Waals surface area contributed by atoms with Gasteiger partial charge < -0.3 is 4.74 Å². The molecule has 2 aromatic rings. The predicted octanol–water partition coefficient (Wildman–Crippen LogP) is 2.33. The molecule has 6 heteroatoms. The highest BCUT2D eigenvalue weighted by Gasteiger charge is 2.23. The zero-order chi connectivity index (χ0) is 15.4. The summed E-state index contributed by atoms with van der Waals surface area (Å²) in [6.45, 7) is 8.59. The molecule has 112 valence electrons. The Kier molecular flexibility index (Phi) is 4.67. The van der Waals surface area contributed by atoms with Gasteiger partial charge >= 0.3 is 5.97 Å². The van der Waals surface area contributed by atoms with Crippen LogP contribution in [0.5, 0.6) is 0 Å². The molecule has 0 spiro atoms. The SMILES string of the molecule is CCOC(=O)c1nnn(Cc2ncccc2C)c1C(C)C. The van der Waals surface area contributed by atoms with Gasteiger partial charge in [-0.25, -0.2) is 9.48 Å². The molecule has 0 aliphatic heterocycles. The highest BCUT2D eigenvalue weighted by Crippen LogP contribution is 2.19. The van der Waals surface area contributed by atoms with Crippen LogP contribution >= 0.6 is 0 Å². The topological polar surface area (TPSA) is 69.9 Å². The number of carbonyl (C=O) groups excluding carboxylic acids is 1. The van der Waals surface area contributed by atoms with Gasteiger partial charge in [0.05, 0.1) is 24.5 Å². The maximum absolute atomic E-state index is 11.9. The summed E-state index contributed by atoms with van der Waals surface area (Å²) in [6.07, 6.45) is 1.75. The van der Waals surface area contributed by atoms with Crippen molar-refractivity contribution < 1.29 is 9.53 Å². The zero-order valence-corrected chi connectivity index (χ0v) is 12.8. The van der Waals surface area contributed by atoms with Gasteiger partial charge in [-0.2, -0.15) is 0 Å². The Hall–Kier alpha value is -2.24. The van der Waals surface area contributed by atoms with Crippen molar-refractivity contribution >= 4 is 5.97 Å². The molecule has 0 amide bonds. The fraction of sp³-hybridized carbons (Fsp3) is 0.467. The smallest absolute Gasteiger partial charge is 0.360 e. The lowest BCUT2D eigenvalue weighted by Crippen LogP contribution is -2.13. The van der Waals surface area contributed by atoms with E-state index in [1.165, 1.54) is 0 Å². The highest BCUT2D eigenvalue weighted by molar-refractivity contribution is 5.88. The van der Waals surface area contributed by atoms with Crippen molar-refractivity contribution in [2.75, 3.05) is 6.61 Å². The quantitative estimate of drug-likeness (QED) is 0.790. The predicted molar refractivity (Wildman–Crippen MR) is 78.1 cm³/mol. The molecule has 0 atom stereocenters. The maximum atomic E-state index is 11.9. The molecular formula is C15H20N4O2. The first kappa shape index (κ1) is 15.2. The summed E-state index contributed by atoms with van der Waals surface area (Å²) in [6, 6.07) is 3.90. The second-order valence-corrected chi connectivity index (χ2v) is 5.12. The summed E-state index contributed by atoms with van der Waals surface area (Å²) in [7, 11) is 0. The number of nitrogens with zero attached hydrogens (tertiary/aromatic N) is 4. The molecule has 0 aliphatic rings. The molecule has 0 unspecified atom stereocenters. The third kappa shape index (κ3) is 3.26. The van der Waals surface area contributed by atoms with Crippen molar-refractivity contribution in [3.63, 3.8) is 0 Å². The van der Waals surface area contributed by atoms with Crippen LogP contribution in [0.25, 0.3) is 0 Å². The molecule has 0 fully saturated rings. The largest absolute Gasteiger partial charge is 0.461 e. The number of pyridine rings is 1. The second kappa shape index (κ2) is 6.47. The average Bonchev–Trinajstić information content (AvgIpc) is 2.85. The molecule has 21 heavy (non-hydrogen) atoms. The van der Waals surface area contributed by atoms with E-state index >= 15 is 0 Å². The molecule has 0 bridgehead atoms. The van der Waals surface area contributed by atoms with Crippen molar-refractivity contribution in [3.05, 3.63) is 41.0 Å². The zero-order valence-electron chi connectivity index (χ0n) is 12.8. The van der Waals surface area contributed by atoms with Crippen molar-refractivity contribution in [1.82, 2.24) is 20.0 Å². The molecule has 0 aromatic carbocycles. The van der Waals surface area contributed by atoms with E-state index in [2.05, 4.69) is 15.3 Å². The molecule has 0 saturated carbocycles. The Balaban J connectivity index is 2.36. The number of rotatable bonds is 5. The fourth-order valence-corrected chi connectivity index (χ4v) is 2.18. The van der Waals surface area contributed by atoms with Gasteiger partial charge in [-0.05, 0) is 31.4 Å². The maximum Gasteiger partial charge on any atom is 0.360 e. The number of esters is 1. The van der Waals surface area contributed by atoms with E-state index in [1.54, 1.807) is 17.8 Å². The normalized spacial score (nSPS) is 10.9. The summed E-state index contributed by atoms with van der Waals surface area (Å²) in [5.74, 6) is -0.311. The minimum absolute atomic E-state index is 0.114. The number of ether oxygens (including phenoxy) is 1. The lowest BCUT2D eigenvalue weighted by Gasteiger charge is -2.11. The van der Waals surface area contributed by atoms with E-state index < -0.39 is 5.97 Å². The molecule has 6 nitrogen and oxygen atoms in total. The summed E-state index contributed by atoms with van der Waals surface area (Å²) in [5, 5.41) is 8.10. The van der Waals surface area contributed by atoms with E-state index in [-0.39, 0.29) is 5.92 Å². The molecule has 0 N–H and O–H groups in total. The summed E-state index contributed by atoms with van der Waals surface area (Å²) >= 11 is 0. The van der Waals surface area contributed by atoms with Crippen LogP contribution in [-0.4, -0.2) is 32.6 Å². The van der Waals surface area contributed by atoms with Crippen molar-refractivity contribution in [1.29, 1.82) is 0 Å². The Morgan fingerprint density at radius 2 is 2.19 bits per heavy atom. The Morgan fingerprint density at radius 3 is 2.81 bits per heavy atom. The van der Waals surface area contributed by atoms with Gasteiger partial charge in [0.25, 0.3) is 0 Å². The van der Waals surface area contributed by atoms with Crippen LogP contribution in [0.15, 0.2) is 18.3 Å². The molecule has 0 aliphatic carbocycles. The van der Waals surface area contributed by atoms with Crippen molar-refractivity contribution in [3.8, 4) is 0 Å². The van der Waals surface area contributed by atoms with Gasteiger partial charge in [0, 0.05) is 6.20 Å². The fourth-order valence-electron chi connectivity index (χ4n) is 2.18. The average molecular weight is 288 g/mol. The van der Waals surface area contributed by atoms with Crippen LogP contribution in [0.4, 0.5) is 0 Å². The molecular weight excluding hydrogens is 268 g/mol. The van der Waals surface area contributed by atoms with Crippen LogP contribution in [-0.2, 0) is 11.3 Å². The second-order valence-electron chi connectivity index (χ2n) is 5.12. The Labute approximate surface area is 124 Å². The van der Waals surface area contributed by atoms with E-state index in [1.807, 2.05) is 32.9 Å². The molecule has 0 saturated heterocycles. The van der Waals surface area contributed by atoms with E-state index in [4.69, 9.17) is 4.74 Å².